The summed E-state index contributed by atoms with van der Waals surface area (Å²) in [5.74, 6) is 0. The van der Waals surface area contributed by atoms with Crippen molar-refractivity contribution >= 4 is 16.1 Å². The second-order valence-electron chi connectivity index (χ2n) is 4.31. The van der Waals surface area contributed by atoms with Crippen LogP contribution in [-0.4, -0.2) is 50.0 Å². The van der Waals surface area contributed by atoms with Crippen LogP contribution in [0.5, 0.6) is 0 Å². The second kappa shape index (κ2) is 5.27. The van der Waals surface area contributed by atoms with E-state index in [-0.39, 0.29) is 0 Å². The van der Waals surface area contributed by atoms with Crippen molar-refractivity contribution in [1.29, 1.82) is 0 Å². The molecule has 0 saturated carbocycles. The Labute approximate surface area is 101 Å². The average molecular weight is 260 g/mol. The van der Waals surface area contributed by atoms with E-state index in [4.69, 9.17) is 4.74 Å². The van der Waals surface area contributed by atoms with Crippen molar-refractivity contribution in [2.45, 2.75) is 37.1 Å². The fraction of sp³-hybridized carbons (Fsp3) is 0.900. The standard InChI is InChI=1S/C10H16N2O4S/c13-8-11-10-2-1-5-12(10)17(14,15)9-3-6-16-7-4-9/h9-10H,1-7H2. The molecule has 2 heterocycles. The lowest BCUT2D eigenvalue weighted by Gasteiger charge is -2.28. The summed E-state index contributed by atoms with van der Waals surface area (Å²) in [5, 5.41) is -0.390. The molecule has 0 N–H and O–H groups in total. The Balaban J connectivity index is 2.16. The van der Waals surface area contributed by atoms with Gasteiger partial charge in [0.25, 0.3) is 0 Å². The third-order valence-corrected chi connectivity index (χ3v) is 5.68. The lowest BCUT2D eigenvalue weighted by atomic mass is 10.2. The molecular formula is C10H16N2O4S. The molecule has 2 aliphatic rings. The third-order valence-electron chi connectivity index (χ3n) is 3.29. The van der Waals surface area contributed by atoms with Gasteiger partial charge in [0.1, 0.15) is 6.17 Å². The molecule has 6 nitrogen and oxygen atoms in total. The molecule has 2 saturated heterocycles. The molecule has 0 aromatic carbocycles. The van der Waals surface area contributed by atoms with Crippen molar-refractivity contribution in [3.8, 4) is 0 Å². The zero-order chi connectivity index (χ0) is 12.3. The first-order valence-corrected chi connectivity index (χ1v) is 7.32. The van der Waals surface area contributed by atoms with Gasteiger partial charge in [0.2, 0.25) is 16.1 Å². The molecule has 7 heteroatoms. The number of hydrogen-bond donors (Lipinski definition) is 0. The van der Waals surface area contributed by atoms with E-state index in [0.29, 0.717) is 39.0 Å². The summed E-state index contributed by atoms with van der Waals surface area (Å²) in [6.45, 7) is 1.42. The Morgan fingerprint density at radius 2 is 1.94 bits per heavy atom. The maximum absolute atomic E-state index is 12.4. The predicted octanol–water partition coefficient (Wildman–Crippen LogP) is 0.253. The van der Waals surface area contributed by atoms with E-state index in [1.807, 2.05) is 0 Å². The van der Waals surface area contributed by atoms with E-state index in [2.05, 4.69) is 4.99 Å². The normalized spacial score (nSPS) is 27.9. The largest absolute Gasteiger partial charge is 0.381 e. The Morgan fingerprint density at radius 3 is 2.59 bits per heavy atom. The number of isocyanates is 1. The van der Waals surface area contributed by atoms with Gasteiger partial charge in [-0.2, -0.15) is 9.30 Å². The lowest BCUT2D eigenvalue weighted by molar-refractivity contribution is 0.0971. The van der Waals surface area contributed by atoms with Crippen molar-refractivity contribution in [3.05, 3.63) is 0 Å². The fourth-order valence-electron chi connectivity index (χ4n) is 2.37. The molecule has 1 unspecified atom stereocenters. The van der Waals surface area contributed by atoms with E-state index in [1.54, 1.807) is 0 Å². The Kier molecular flexibility index (Phi) is 3.93. The van der Waals surface area contributed by atoms with E-state index in [9.17, 15) is 13.2 Å². The van der Waals surface area contributed by atoms with Crippen molar-refractivity contribution in [3.63, 3.8) is 0 Å². The molecule has 0 aliphatic carbocycles. The van der Waals surface area contributed by atoms with Crippen LogP contribution in [0.4, 0.5) is 0 Å². The van der Waals surface area contributed by atoms with Crippen LogP contribution in [0.25, 0.3) is 0 Å². The number of aliphatic imine (C=N–C) groups is 1. The Morgan fingerprint density at radius 1 is 1.24 bits per heavy atom. The van der Waals surface area contributed by atoms with Crippen molar-refractivity contribution < 1.29 is 17.9 Å². The molecule has 2 rings (SSSR count). The van der Waals surface area contributed by atoms with Crippen LogP contribution in [0.2, 0.25) is 0 Å². The summed E-state index contributed by atoms with van der Waals surface area (Å²) in [4.78, 5) is 13.9. The van der Waals surface area contributed by atoms with Crippen LogP contribution in [0.3, 0.4) is 0 Å². The van der Waals surface area contributed by atoms with Crippen molar-refractivity contribution in [2.24, 2.45) is 4.99 Å². The van der Waals surface area contributed by atoms with Gasteiger partial charge in [0.05, 0.1) is 5.25 Å². The third kappa shape index (κ3) is 2.57. The highest BCUT2D eigenvalue weighted by atomic mass is 32.2. The summed E-state index contributed by atoms with van der Waals surface area (Å²) >= 11 is 0. The molecule has 0 aromatic rings. The smallest absolute Gasteiger partial charge is 0.236 e. The lowest BCUT2D eigenvalue weighted by Crippen LogP contribution is -2.43. The SMILES string of the molecule is O=C=NC1CCCN1S(=O)(=O)C1CCOCC1. The van der Waals surface area contributed by atoms with E-state index in [0.717, 1.165) is 6.42 Å². The van der Waals surface area contributed by atoms with Crippen LogP contribution < -0.4 is 0 Å². The van der Waals surface area contributed by atoms with Gasteiger partial charge in [-0.25, -0.2) is 13.2 Å². The average Bonchev–Trinajstić information content (AvgIpc) is 2.80. The Bertz CT molecular complexity index is 410. The zero-order valence-corrected chi connectivity index (χ0v) is 10.4. The van der Waals surface area contributed by atoms with Gasteiger partial charge in [-0.05, 0) is 25.7 Å². The van der Waals surface area contributed by atoms with E-state index < -0.39 is 21.4 Å². The van der Waals surface area contributed by atoms with Crippen LogP contribution in [0, 0.1) is 0 Å². The number of ether oxygens (including phenoxy) is 1. The van der Waals surface area contributed by atoms with Gasteiger partial charge < -0.3 is 4.74 Å². The fourth-order valence-corrected chi connectivity index (χ4v) is 4.42. The summed E-state index contributed by atoms with van der Waals surface area (Å²) in [6, 6.07) is 0. The molecule has 96 valence electrons. The predicted molar refractivity (Wildman–Crippen MR) is 60.6 cm³/mol. The first kappa shape index (κ1) is 12.7. The number of sulfonamides is 1. The van der Waals surface area contributed by atoms with Crippen LogP contribution in [0.15, 0.2) is 4.99 Å². The molecule has 0 spiro atoms. The highest BCUT2D eigenvalue weighted by Gasteiger charge is 2.39. The first-order chi connectivity index (χ1) is 8.16. The topological polar surface area (TPSA) is 76.0 Å². The van der Waals surface area contributed by atoms with Gasteiger partial charge >= 0.3 is 0 Å². The zero-order valence-electron chi connectivity index (χ0n) is 9.54. The number of carbonyl (C=O) groups excluding carboxylic acids is 1. The maximum atomic E-state index is 12.4. The van der Waals surface area contributed by atoms with E-state index >= 15 is 0 Å². The molecule has 2 fully saturated rings. The van der Waals surface area contributed by atoms with Crippen molar-refractivity contribution in [2.75, 3.05) is 19.8 Å². The highest BCUT2D eigenvalue weighted by molar-refractivity contribution is 7.89. The van der Waals surface area contributed by atoms with E-state index in [1.165, 1.54) is 10.4 Å². The minimum atomic E-state index is -3.35. The molecular weight excluding hydrogens is 244 g/mol. The van der Waals surface area contributed by atoms with Crippen LogP contribution >= 0.6 is 0 Å². The van der Waals surface area contributed by atoms with Gasteiger partial charge in [0.15, 0.2) is 0 Å². The molecule has 0 bridgehead atoms. The monoisotopic (exact) mass is 260 g/mol. The van der Waals surface area contributed by atoms with Crippen LogP contribution in [-0.2, 0) is 19.6 Å². The first-order valence-electron chi connectivity index (χ1n) is 5.81. The van der Waals surface area contributed by atoms with Gasteiger partial charge in [0, 0.05) is 19.8 Å². The minimum absolute atomic E-state index is 0.390. The maximum Gasteiger partial charge on any atom is 0.236 e. The number of nitrogens with zero attached hydrogens (tertiary/aromatic N) is 2. The molecule has 0 radical (unpaired) electrons. The Hall–Kier alpha value is -0.750. The van der Waals surface area contributed by atoms with Crippen LogP contribution in [0.1, 0.15) is 25.7 Å². The highest BCUT2D eigenvalue weighted by Crippen LogP contribution is 2.27. The second-order valence-corrected chi connectivity index (χ2v) is 6.48. The molecule has 17 heavy (non-hydrogen) atoms. The van der Waals surface area contributed by atoms with Gasteiger partial charge in [-0.3, -0.25) is 0 Å². The number of hydrogen-bond acceptors (Lipinski definition) is 5. The molecule has 0 aromatic heterocycles. The summed E-state index contributed by atoms with van der Waals surface area (Å²) in [5.41, 5.74) is 0. The molecule has 1 atom stereocenters. The summed E-state index contributed by atoms with van der Waals surface area (Å²) in [7, 11) is -3.35. The molecule has 2 aliphatic heterocycles. The van der Waals surface area contributed by atoms with Crippen molar-refractivity contribution in [1.82, 2.24) is 4.31 Å². The summed E-state index contributed by atoms with van der Waals surface area (Å²) < 4.78 is 31.2. The summed E-state index contributed by atoms with van der Waals surface area (Å²) in [6.07, 6.45) is 3.32. The minimum Gasteiger partial charge on any atom is -0.381 e. The quantitative estimate of drug-likeness (QED) is 0.538. The number of rotatable bonds is 3. The van der Waals surface area contributed by atoms with Gasteiger partial charge in [-0.1, -0.05) is 0 Å². The van der Waals surface area contributed by atoms with Gasteiger partial charge in [-0.15, -0.1) is 0 Å². The molecule has 0 amide bonds.